The molecule has 0 aromatic heterocycles. The van der Waals surface area contributed by atoms with Crippen molar-refractivity contribution < 1.29 is 14.6 Å². The number of urea groups is 1. The lowest BCUT2D eigenvalue weighted by atomic mass is 9.70. The maximum atomic E-state index is 11.8. The van der Waals surface area contributed by atoms with Gasteiger partial charge in [-0.1, -0.05) is 20.8 Å². The Morgan fingerprint density at radius 3 is 2.79 bits per heavy atom. The molecule has 1 rings (SSSR count). The fraction of sp³-hybridized carbons (Fsp3) is 0.929. The van der Waals surface area contributed by atoms with Crippen LogP contribution in [0.25, 0.3) is 0 Å². The predicted molar refractivity (Wildman–Crippen MR) is 75.0 cm³/mol. The lowest BCUT2D eigenvalue weighted by Gasteiger charge is -2.39. The predicted octanol–water partition coefficient (Wildman–Crippen LogP) is 1.51. The highest BCUT2D eigenvalue weighted by atomic mass is 16.5. The normalized spacial score (nSPS) is 27.6. The molecule has 0 bridgehead atoms. The minimum absolute atomic E-state index is 0.202. The third-order valence-corrected chi connectivity index (χ3v) is 3.87. The monoisotopic (exact) mass is 272 g/mol. The second-order valence-electron chi connectivity index (χ2n) is 6.45. The highest BCUT2D eigenvalue weighted by molar-refractivity contribution is 5.74. The summed E-state index contributed by atoms with van der Waals surface area (Å²) in [6, 6.07) is 0.0271. The summed E-state index contributed by atoms with van der Waals surface area (Å²) in [5.74, 6) is 0.485. The number of ether oxygens (including phenoxy) is 1. The maximum Gasteiger partial charge on any atom is 0.315 e. The molecule has 2 amide bonds. The average Bonchev–Trinajstić information content (AvgIpc) is 2.30. The molecule has 0 radical (unpaired) electrons. The second-order valence-corrected chi connectivity index (χ2v) is 6.45. The highest BCUT2D eigenvalue weighted by Crippen LogP contribution is 2.38. The van der Waals surface area contributed by atoms with Crippen LogP contribution in [0.3, 0.4) is 0 Å². The van der Waals surface area contributed by atoms with Crippen molar-refractivity contribution >= 4 is 6.03 Å². The molecule has 0 heterocycles. The zero-order valence-corrected chi connectivity index (χ0v) is 12.5. The molecular formula is C14H28N2O3. The Morgan fingerprint density at radius 1 is 1.53 bits per heavy atom. The number of carbonyl (C=O) groups is 1. The van der Waals surface area contributed by atoms with E-state index in [4.69, 9.17) is 4.74 Å². The van der Waals surface area contributed by atoms with Gasteiger partial charge in [-0.3, -0.25) is 0 Å². The summed E-state index contributed by atoms with van der Waals surface area (Å²) >= 11 is 0. The number of hydrogen-bond acceptors (Lipinski definition) is 3. The summed E-state index contributed by atoms with van der Waals surface area (Å²) in [5.41, 5.74) is 0.378. The number of methoxy groups -OCH3 is 1. The quantitative estimate of drug-likeness (QED) is 0.710. The van der Waals surface area contributed by atoms with Crippen molar-refractivity contribution in [2.75, 3.05) is 20.3 Å². The summed E-state index contributed by atoms with van der Waals surface area (Å²) in [5, 5.41) is 15.1. The molecule has 0 aromatic rings. The van der Waals surface area contributed by atoms with Crippen molar-refractivity contribution in [3.8, 4) is 0 Å². The molecule has 3 unspecified atom stereocenters. The number of carbonyl (C=O) groups excluding carboxylic acids is 1. The fourth-order valence-corrected chi connectivity index (χ4v) is 2.84. The van der Waals surface area contributed by atoms with Gasteiger partial charge in [0, 0.05) is 19.7 Å². The van der Waals surface area contributed by atoms with Crippen molar-refractivity contribution in [2.45, 2.75) is 52.2 Å². The van der Waals surface area contributed by atoms with E-state index in [0.717, 1.165) is 19.3 Å². The van der Waals surface area contributed by atoms with Gasteiger partial charge in [-0.15, -0.1) is 0 Å². The van der Waals surface area contributed by atoms with Crippen LogP contribution in [-0.4, -0.2) is 43.5 Å². The molecule has 1 aliphatic carbocycles. The first-order valence-electron chi connectivity index (χ1n) is 7.05. The average molecular weight is 272 g/mol. The third kappa shape index (κ3) is 5.78. The molecule has 5 heteroatoms. The number of rotatable bonds is 5. The van der Waals surface area contributed by atoms with Crippen molar-refractivity contribution in [3.63, 3.8) is 0 Å². The molecule has 0 aromatic carbocycles. The lowest BCUT2D eigenvalue weighted by Crippen LogP contribution is -2.49. The molecule has 112 valence electrons. The van der Waals surface area contributed by atoms with Gasteiger partial charge in [-0.2, -0.15) is 0 Å². The first kappa shape index (κ1) is 16.2. The smallest absolute Gasteiger partial charge is 0.315 e. The van der Waals surface area contributed by atoms with E-state index in [9.17, 15) is 9.90 Å². The van der Waals surface area contributed by atoms with Crippen molar-refractivity contribution in [1.29, 1.82) is 0 Å². The van der Waals surface area contributed by atoms with Gasteiger partial charge in [-0.25, -0.2) is 4.79 Å². The fourth-order valence-electron chi connectivity index (χ4n) is 2.84. The van der Waals surface area contributed by atoms with Crippen LogP contribution in [0.2, 0.25) is 0 Å². The molecule has 1 fully saturated rings. The Bertz CT molecular complexity index is 294. The van der Waals surface area contributed by atoms with E-state index in [2.05, 4.69) is 31.4 Å². The standard InChI is InChI=1S/C14H28N2O3/c1-10-7-14(2,3)6-5-12(10)16-13(18)15-8-11(17)9-19-4/h10-12,17H,5-9H2,1-4H3,(H2,15,16,18). The van der Waals surface area contributed by atoms with Crippen molar-refractivity contribution in [1.82, 2.24) is 10.6 Å². The van der Waals surface area contributed by atoms with E-state index in [1.165, 1.54) is 7.11 Å². The lowest BCUT2D eigenvalue weighted by molar-refractivity contribution is 0.0656. The second kappa shape index (κ2) is 7.10. The van der Waals surface area contributed by atoms with Gasteiger partial charge in [0.05, 0.1) is 12.7 Å². The van der Waals surface area contributed by atoms with Crippen LogP contribution in [0.4, 0.5) is 4.79 Å². The van der Waals surface area contributed by atoms with Gasteiger partial charge in [0.25, 0.3) is 0 Å². The Hall–Kier alpha value is -0.810. The van der Waals surface area contributed by atoms with Crippen LogP contribution in [0.15, 0.2) is 0 Å². The van der Waals surface area contributed by atoms with Gasteiger partial charge in [-0.05, 0) is 30.6 Å². The first-order chi connectivity index (χ1) is 8.84. The van der Waals surface area contributed by atoms with Crippen molar-refractivity contribution in [2.24, 2.45) is 11.3 Å². The number of nitrogens with one attached hydrogen (secondary N) is 2. The van der Waals surface area contributed by atoms with Crippen LogP contribution >= 0.6 is 0 Å². The van der Waals surface area contributed by atoms with Gasteiger partial charge in [0.15, 0.2) is 0 Å². The first-order valence-corrected chi connectivity index (χ1v) is 7.05. The van der Waals surface area contributed by atoms with E-state index < -0.39 is 6.10 Å². The largest absolute Gasteiger partial charge is 0.389 e. The molecule has 1 saturated carbocycles. The summed E-state index contributed by atoms with van der Waals surface area (Å²) in [6.45, 7) is 7.19. The molecule has 3 atom stereocenters. The zero-order valence-electron chi connectivity index (χ0n) is 12.5. The maximum absolute atomic E-state index is 11.8. The van der Waals surface area contributed by atoms with Crippen LogP contribution in [0, 0.1) is 11.3 Å². The summed E-state index contributed by atoms with van der Waals surface area (Å²) in [6.07, 6.45) is 2.62. The number of aliphatic hydroxyl groups is 1. The Balaban J connectivity index is 2.29. The van der Waals surface area contributed by atoms with Gasteiger partial charge in [0.1, 0.15) is 0 Å². The molecule has 5 nitrogen and oxygen atoms in total. The number of aliphatic hydroxyl groups excluding tert-OH is 1. The van der Waals surface area contributed by atoms with Crippen molar-refractivity contribution in [3.05, 3.63) is 0 Å². The molecular weight excluding hydrogens is 244 g/mol. The van der Waals surface area contributed by atoms with E-state index in [1.54, 1.807) is 0 Å². The van der Waals surface area contributed by atoms with Crippen LogP contribution in [0.5, 0.6) is 0 Å². The SMILES string of the molecule is COCC(O)CNC(=O)NC1CCC(C)(C)CC1C. The zero-order chi connectivity index (χ0) is 14.5. The Kier molecular flexibility index (Phi) is 6.07. The molecule has 1 aliphatic rings. The topological polar surface area (TPSA) is 70.6 Å². The van der Waals surface area contributed by atoms with Crippen LogP contribution < -0.4 is 10.6 Å². The van der Waals surface area contributed by atoms with Gasteiger partial charge in [0.2, 0.25) is 0 Å². The molecule has 0 aliphatic heterocycles. The van der Waals surface area contributed by atoms with E-state index in [-0.39, 0.29) is 25.2 Å². The molecule has 0 saturated heterocycles. The summed E-state index contributed by atoms with van der Waals surface area (Å²) in [7, 11) is 1.52. The third-order valence-electron chi connectivity index (χ3n) is 3.87. The van der Waals surface area contributed by atoms with E-state index >= 15 is 0 Å². The number of amides is 2. The summed E-state index contributed by atoms with van der Waals surface area (Å²) in [4.78, 5) is 11.8. The van der Waals surface area contributed by atoms with Gasteiger partial charge < -0.3 is 20.5 Å². The van der Waals surface area contributed by atoms with Crippen LogP contribution in [0.1, 0.15) is 40.0 Å². The minimum Gasteiger partial charge on any atom is -0.389 e. The Morgan fingerprint density at radius 2 is 2.21 bits per heavy atom. The minimum atomic E-state index is -0.654. The molecule has 19 heavy (non-hydrogen) atoms. The summed E-state index contributed by atoms with van der Waals surface area (Å²) < 4.78 is 4.80. The van der Waals surface area contributed by atoms with E-state index in [0.29, 0.717) is 11.3 Å². The Labute approximate surface area is 116 Å². The molecule has 0 spiro atoms. The van der Waals surface area contributed by atoms with Crippen LogP contribution in [-0.2, 0) is 4.74 Å². The molecule has 3 N–H and O–H groups in total. The van der Waals surface area contributed by atoms with E-state index in [1.807, 2.05) is 0 Å². The highest BCUT2D eigenvalue weighted by Gasteiger charge is 2.32. The van der Waals surface area contributed by atoms with Gasteiger partial charge >= 0.3 is 6.03 Å². The number of hydrogen-bond donors (Lipinski definition) is 3.